The number of rotatable bonds is 8. The van der Waals surface area contributed by atoms with Gasteiger partial charge in [-0.05, 0) is 36.6 Å². The molecule has 26 heavy (non-hydrogen) atoms. The van der Waals surface area contributed by atoms with Crippen LogP contribution in [0.25, 0.3) is 0 Å². The molecule has 6 heteroatoms. The maximum Gasteiger partial charge on any atom is 0.191 e. The third kappa shape index (κ3) is 7.61. The molecule has 2 rings (SSSR count). The molecular weight excluding hydrogens is 441 g/mol. The second-order valence-corrected chi connectivity index (χ2v) is 5.67. The minimum atomic E-state index is -0.667. The van der Waals surface area contributed by atoms with Gasteiger partial charge in [-0.2, -0.15) is 0 Å². The lowest BCUT2D eigenvalue weighted by Gasteiger charge is -2.14. The summed E-state index contributed by atoms with van der Waals surface area (Å²) >= 11 is 0. The Morgan fingerprint density at radius 2 is 1.88 bits per heavy atom. The Kier molecular flexibility index (Phi) is 10.7. The predicted molar refractivity (Wildman–Crippen MR) is 117 cm³/mol. The summed E-state index contributed by atoms with van der Waals surface area (Å²) < 4.78 is 5.19. The van der Waals surface area contributed by atoms with E-state index in [1.165, 1.54) is 5.56 Å². The Morgan fingerprint density at radius 1 is 1.12 bits per heavy atom. The fourth-order valence-corrected chi connectivity index (χ4v) is 2.44. The minimum absolute atomic E-state index is 0. The Bertz CT molecular complexity index is 665. The highest BCUT2D eigenvalue weighted by molar-refractivity contribution is 14.0. The highest BCUT2D eigenvalue weighted by atomic mass is 127. The molecule has 5 nitrogen and oxygen atoms in total. The van der Waals surface area contributed by atoms with Gasteiger partial charge in [0.1, 0.15) is 5.75 Å². The Balaban J connectivity index is 0.00000338. The standard InChI is InChI=1S/C20H27N3O2.HI/c1-3-21-20(22-13-12-16-8-5-4-6-9-16)23-15-19(24)17-10-7-11-18(14-17)25-2;/h4-11,14,19,24H,3,12-13,15H2,1-2H3,(H2,21,22,23);1H. The van der Waals surface area contributed by atoms with Gasteiger partial charge in [-0.3, -0.25) is 4.99 Å². The summed E-state index contributed by atoms with van der Waals surface area (Å²) in [6, 6.07) is 17.7. The number of ether oxygens (including phenoxy) is 1. The van der Waals surface area contributed by atoms with Gasteiger partial charge < -0.3 is 20.5 Å². The number of halogens is 1. The molecule has 2 aromatic rings. The molecule has 1 unspecified atom stereocenters. The highest BCUT2D eigenvalue weighted by Gasteiger charge is 2.08. The average Bonchev–Trinajstić information content (AvgIpc) is 2.66. The lowest BCUT2D eigenvalue weighted by atomic mass is 10.1. The van der Waals surface area contributed by atoms with E-state index in [1.54, 1.807) is 7.11 Å². The van der Waals surface area contributed by atoms with Crippen LogP contribution in [0.3, 0.4) is 0 Å². The highest BCUT2D eigenvalue weighted by Crippen LogP contribution is 2.19. The van der Waals surface area contributed by atoms with Crippen LogP contribution in [0.15, 0.2) is 59.6 Å². The number of guanidine groups is 1. The number of aliphatic imine (C=N–C) groups is 1. The molecule has 2 aromatic carbocycles. The summed E-state index contributed by atoms with van der Waals surface area (Å²) in [5, 5.41) is 16.8. The SMILES string of the molecule is CCNC(=NCC(O)c1cccc(OC)c1)NCCc1ccccc1.I. The van der Waals surface area contributed by atoms with Crippen molar-refractivity contribution in [2.75, 3.05) is 26.7 Å². The number of aliphatic hydroxyl groups is 1. The zero-order chi connectivity index (χ0) is 17.9. The molecule has 0 aliphatic rings. The van der Waals surface area contributed by atoms with E-state index in [4.69, 9.17) is 4.74 Å². The first-order valence-corrected chi connectivity index (χ1v) is 8.61. The van der Waals surface area contributed by atoms with E-state index >= 15 is 0 Å². The molecule has 0 fully saturated rings. The number of hydrogen-bond donors (Lipinski definition) is 3. The summed E-state index contributed by atoms with van der Waals surface area (Å²) in [5.74, 6) is 1.44. The summed E-state index contributed by atoms with van der Waals surface area (Å²) in [6.07, 6.45) is 0.253. The number of aliphatic hydroxyl groups excluding tert-OH is 1. The van der Waals surface area contributed by atoms with Crippen molar-refractivity contribution in [2.45, 2.75) is 19.4 Å². The van der Waals surface area contributed by atoms with Crippen molar-refractivity contribution in [1.82, 2.24) is 10.6 Å². The predicted octanol–water partition coefficient (Wildman–Crippen LogP) is 3.14. The van der Waals surface area contributed by atoms with Gasteiger partial charge in [-0.25, -0.2) is 0 Å². The number of benzene rings is 2. The van der Waals surface area contributed by atoms with Gasteiger partial charge in [0.25, 0.3) is 0 Å². The Morgan fingerprint density at radius 3 is 2.58 bits per heavy atom. The maximum absolute atomic E-state index is 10.3. The average molecular weight is 469 g/mol. The molecule has 0 bridgehead atoms. The van der Waals surface area contributed by atoms with Gasteiger partial charge in [0.15, 0.2) is 5.96 Å². The van der Waals surface area contributed by atoms with Crippen molar-refractivity contribution in [2.24, 2.45) is 4.99 Å². The number of nitrogens with zero attached hydrogens (tertiary/aromatic N) is 1. The first-order valence-electron chi connectivity index (χ1n) is 8.61. The topological polar surface area (TPSA) is 65.9 Å². The van der Waals surface area contributed by atoms with Gasteiger partial charge in [-0.15, -0.1) is 24.0 Å². The van der Waals surface area contributed by atoms with Crippen LogP contribution in [-0.2, 0) is 6.42 Å². The Hall–Kier alpha value is -1.80. The summed E-state index contributed by atoms with van der Waals surface area (Å²) in [7, 11) is 1.61. The van der Waals surface area contributed by atoms with Crippen LogP contribution in [0.1, 0.15) is 24.2 Å². The summed E-state index contributed by atoms with van der Waals surface area (Å²) in [6.45, 7) is 3.86. The fourth-order valence-electron chi connectivity index (χ4n) is 2.44. The molecular formula is C20H28IN3O2. The van der Waals surface area contributed by atoms with E-state index in [-0.39, 0.29) is 30.5 Å². The molecule has 0 amide bonds. The van der Waals surface area contributed by atoms with Crippen LogP contribution in [0.5, 0.6) is 5.75 Å². The molecule has 0 heterocycles. The van der Waals surface area contributed by atoms with Gasteiger partial charge in [0.05, 0.1) is 19.8 Å². The van der Waals surface area contributed by atoms with Gasteiger partial charge >= 0.3 is 0 Å². The summed E-state index contributed by atoms with van der Waals surface area (Å²) in [4.78, 5) is 4.48. The van der Waals surface area contributed by atoms with E-state index in [1.807, 2.05) is 49.4 Å². The zero-order valence-electron chi connectivity index (χ0n) is 15.3. The quantitative estimate of drug-likeness (QED) is 0.316. The second-order valence-electron chi connectivity index (χ2n) is 5.67. The number of methoxy groups -OCH3 is 1. The van der Waals surface area contributed by atoms with Crippen LogP contribution in [-0.4, -0.2) is 37.8 Å². The van der Waals surface area contributed by atoms with Gasteiger partial charge in [0.2, 0.25) is 0 Å². The van der Waals surface area contributed by atoms with Crippen molar-refractivity contribution >= 4 is 29.9 Å². The molecule has 0 spiro atoms. The van der Waals surface area contributed by atoms with E-state index < -0.39 is 6.10 Å². The van der Waals surface area contributed by atoms with Gasteiger partial charge in [-0.1, -0.05) is 42.5 Å². The van der Waals surface area contributed by atoms with Crippen LogP contribution < -0.4 is 15.4 Å². The fraction of sp³-hybridized carbons (Fsp3) is 0.350. The second kappa shape index (κ2) is 12.5. The lowest BCUT2D eigenvalue weighted by molar-refractivity contribution is 0.186. The molecule has 0 saturated heterocycles. The lowest BCUT2D eigenvalue weighted by Crippen LogP contribution is -2.38. The molecule has 1 atom stereocenters. The van der Waals surface area contributed by atoms with E-state index in [2.05, 4.69) is 27.8 Å². The van der Waals surface area contributed by atoms with E-state index in [9.17, 15) is 5.11 Å². The van der Waals surface area contributed by atoms with Crippen molar-refractivity contribution in [3.05, 3.63) is 65.7 Å². The summed E-state index contributed by atoms with van der Waals surface area (Å²) in [5.41, 5.74) is 2.07. The van der Waals surface area contributed by atoms with Crippen molar-refractivity contribution in [1.29, 1.82) is 0 Å². The molecule has 0 saturated carbocycles. The van der Waals surface area contributed by atoms with E-state index in [0.717, 1.165) is 30.8 Å². The first kappa shape index (κ1) is 22.2. The molecule has 142 valence electrons. The largest absolute Gasteiger partial charge is 0.497 e. The number of nitrogens with one attached hydrogen (secondary N) is 2. The normalized spacial score (nSPS) is 12.0. The molecule has 0 radical (unpaired) electrons. The smallest absolute Gasteiger partial charge is 0.191 e. The van der Waals surface area contributed by atoms with Crippen LogP contribution in [0.4, 0.5) is 0 Å². The zero-order valence-corrected chi connectivity index (χ0v) is 17.6. The maximum atomic E-state index is 10.3. The van der Waals surface area contributed by atoms with Crippen LogP contribution >= 0.6 is 24.0 Å². The third-order valence-corrected chi connectivity index (χ3v) is 3.79. The van der Waals surface area contributed by atoms with Crippen molar-refractivity contribution < 1.29 is 9.84 Å². The van der Waals surface area contributed by atoms with Crippen LogP contribution in [0, 0.1) is 0 Å². The molecule has 3 N–H and O–H groups in total. The van der Waals surface area contributed by atoms with Gasteiger partial charge in [0, 0.05) is 13.1 Å². The third-order valence-electron chi connectivity index (χ3n) is 3.79. The minimum Gasteiger partial charge on any atom is -0.497 e. The first-order chi connectivity index (χ1) is 12.2. The molecule has 0 aromatic heterocycles. The number of hydrogen-bond acceptors (Lipinski definition) is 3. The monoisotopic (exact) mass is 469 g/mol. The van der Waals surface area contributed by atoms with Crippen molar-refractivity contribution in [3.8, 4) is 5.75 Å². The molecule has 0 aliphatic heterocycles. The van der Waals surface area contributed by atoms with E-state index in [0.29, 0.717) is 5.96 Å². The van der Waals surface area contributed by atoms with Crippen molar-refractivity contribution in [3.63, 3.8) is 0 Å². The van der Waals surface area contributed by atoms with Crippen LogP contribution in [0.2, 0.25) is 0 Å². The Labute approximate surface area is 172 Å². The molecule has 0 aliphatic carbocycles.